The van der Waals surface area contributed by atoms with E-state index >= 15 is 0 Å². The largest absolute Gasteiger partial charge is 0.473 e. The van der Waals surface area contributed by atoms with Gasteiger partial charge in [0.15, 0.2) is 0 Å². The van der Waals surface area contributed by atoms with Crippen molar-refractivity contribution in [3.63, 3.8) is 0 Å². The maximum atomic E-state index is 4.48. The number of nitrogens with one attached hydrogen (secondary N) is 1. The zero-order chi connectivity index (χ0) is 4.69. The minimum absolute atomic E-state index is 0.556. The second kappa shape index (κ2) is 0.699. The molecule has 5 heteroatoms. The monoisotopic (exact) mass is 97.0 g/mol. The predicted molar refractivity (Wildman–Crippen MR) is 17.0 cm³/mol. The number of hydrogen-bond donors (Lipinski definition) is 1. The van der Waals surface area contributed by atoms with Gasteiger partial charge in [0.1, 0.15) is 0 Å². The molecule has 1 aliphatic rings. The van der Waals surface area contributed by atoms with E-state index in [1.807, 2.05) is 0 Å². The summed E-state index contributed by atoms with van der Waals surface area (Å²) in [4.78, 5) is 0. The van der Waals surface area contributed by atoms with Crippen LogP contribution < -0.4 is 5.11 Å². The average Bonchev–Trinajstić information content (AvgIpc) is 1.85. The van der Waals surface area contributed by atoms with Crippen LogP contribution in [0.25, 0.3) is 0 Å². The molecule has 7 heavy (non-hydrogen) atoms. The molecule has 0 bridgehead atoms. The van der Waals surface area contributed by atoms with Crippen LogP contribution >= 0.6 is 0 Å². The van der Waals surface area contributed by atoms with Gasteiger partial charge in [-0.2, -0.15) is 0 Å². The van der Waals surface area contributed by atoms with E-state index < -0.39 is 0 Å². The minimum atomic E-state index is 0.556. The summed E-state index contributed by atoms with van der Waals surface area (Å²) in [5.41, 5.74) is 0. The lowest BCUT2D eigenvalue weighted by atomic mass is 10.7. The molecule has 0 aliphatic carbocycles. The van der Waals surface area contributed by atoms with Gasteiger partial charge in [0.2, 0.25) is 0 Å². The van der Waals surface area contributed by atoms with Crippen molar-refractivity contribution in [2.24, 2.45) is 5.11 Å². The van der Waals surface area contributed by atoms with Crippen LogP contribution in [0.2, 0.25) is 0 Å². The topological polar surface area (TPSA) is 65.2 Å². The highest BCUT2D eigenvalue weighted by Crippen LogP contribution is 2.17. The molecule has 0 radical (unpaired) electrons. The van der Waals surface area contributed by atoms with E-state index in [4.69, 9.17) is 0 Å². The fourth-order valence-corrected chi connectivity index (χ4v) is 0.380. The minimum Gasteiger partial charge on any atom is -0.268 e. The molecule has 0 saturated carbocycles. The quantitative estimate of drug-likeness (QED) is 0.452. The standard InChI is InChI=1S/C2N4O/c3-1-2(5-3)7-6-4-1/p+1. The highest BCUT2D eigenvalue weighted by molar-refractivity contribution is 5.41. The summed E-state index contributed by atoms with van der Waals surface area (Å²) in [5, 5.41) is 12.7. The Morgan fingerprint density at radius 2 is 2.57 bits per heavy atom. The summed E-state index contributed by atoms with van der Waals surface area (Å²) in [6, 6.07) is 0. The number of fused-ring (bicyclic) bond motifs is 1. The van der Waals surface area contributed by atoms with Crippen molar-refractivity contribution in [1.29, 1.82) is 0 Å². The van der Waals surface area contributed by atoms with E-state index in [0.29, 0.717) is 11.7 Å². The van der Waals surface area contributed by atoms with Crippen molar-refractivity contribution in [2.45, 2.75) is 0 Å². The van der Waals surface area contributed by atoms with Gasteiger partial charge < -0.3 is 0 Å². The van der Waals surface area contributed by atoms with E-state index in [0.717, 1.165) is 0 Å². The third kappa shape index (κ3) is 0.188. The Hall–Kier alpha value is -1.26. The van der Waals surface area contributed by atoms with Crippen molar-refractivity contribution >= 4 is 11.7 Å². The molecule has 5 nitrogen and oxygen atoms in total. The molecular formula is C2HN4O+. The zero-order valence-corrected chi connectivity index (χ0v) is 3.25. The molecular weight excluding hydrogens is 96.0 g/mol. The Balaban J connectivity index is 2.79. The summed E-state index contributed by atoms with van der Waals surface area (Å²) in [6.07, 6.45) is 0. The Morgan fingerprint density at radius 3 is 2.86 bits per heavy atom. The van der Waals surface area contributed by atoms with Crippen molar-refractivity contribution in [3.8, 4) is 0 Å². The highest BCUT2D eigenvalue weighted by Gasteiger charge is 2.25. The lowest BCUT2D eigenvalue weighted by Gasteiger charge is -1.77. The summed E-state index contributed by atoms with van der Waals surface area (Å²) in [6.45, 7) is 0. The Morgan fingerprint density at radius 1 is 1.57 bits per heavy atom. The van der Waals surface area contributed by atoms with Gasteiger partial charge in [0.05, 0.1) is 0 Å². The van der Waals surface area contributed by atoms with Gasteiger partial charge in [0, 0.05) is 10.4 Å². The second-order valence-corrected chi connectivity index (χ2v) is 1.15. The number of azo groups is 1. The Labute approximate surface area is 38.0 Å². The van der Waals surface area contributed by atoms with Gasteiger partial charge in [0.25, 0.3) is 0 Å². The van der Waals surface area contributed by atoms with Crippen LogP contribution in [0.5, 0.6) is 0 Å². The third-order valence-corrected chi connectivity index (χ3v) is 0.734. The van der Waals surface area contributed by atoms with Crippen LogP contribution in [-0.4, -0.2) is 10.4 Å². The number of rotatable bonds is 0. The molecule has 0 spiro atoms. The molecule has 1 aromatic heterocycles. The zero-order valence-electron chi connectivity index (χ0n) is 3.25. The van der Waals surface area contributed by atoms with Crippen LogP contribution in [0.1, 0.15) is 0 Å². The van der Waals surface area contributed by atoms with E-state index in [2.05, 4.69) is 25.1 Å². The van der Waals surface area contributed by atoms with Crippen LogP contribution in [-0.2, 0) is 0 Å². The molecule has 1 N–H and O–H groups in total. The van der Waals surface area contributed by atoms with Gasteiger partial charge in [-0.15, -0.1) is 0 Å². The van der Waals surface area contributed by atoms with Crippen molar-refractivity contribution < 1.29 is 9.64 Å². The fraction of sp³-hybridized carbons (Fsp3) is 0. The van der Waals surface area contributed by atoms with Crippen LogP contribution in [0.3, 0.4) is 0 Å². The molecule has 34 valence electrons. The first-order chi connectivity index (χ1) is 3.47. The van der Waals surface area contributed by atoms with Crippen LogP contribution in [0.4, 0.5) is 11.7 Å². The summed E-state index contributed by atoms with van der Waals surface area (Å²) in [5.74, 6) is 1.11. The van der Waals surface area contributed by atoms with Crippen molar-refractivity contribution in [1.82, 2.24) is 10.4 Å². The smallest absolute Gasteiger partial charge is 0.268 e. The summed E-state index contributed by atoms with van der Waals surface area (Å²) in [7, 11) is 0. The average molecular weight is 97.1 g/mol. The van der Waals surface area contributed by atoms with Gasteiger partial charge in [-0.1, -0.05) is 10.2 Å². The van der Waals surface area contributed by atoms with Gasteiger partial charge in [-0.25, -0.2) is 0 Å². The van der Waals surface area contributed by atoms with Gasteiger partial charge in [-0.3, -0.25) is 4.52 Å². The number of nitrogens with zero attached hydrogens (tertiary/aromatic N) is 3. The van der Waals surface area contributed by atoms with Crippen LogP contribution in [0.15, 0.2) is 9.64 Å². The van der Waals surface area contributed by atoms with Gasteiger partial charge >= 0.3 is 11.7 Å². The second-order valence-electron chi connectivity index (χ2n) is 1.15. The molecule has 0 saturated heterocycles. The molecule has 2 heterocycles. The Bertz CT molecular complexity index is 193. The molecule has 0 amide bonds. The SMILES string of the molecule is N1=[NH+]c2onnc21. The van der Waals surface area contributed by atoms with E-state index in [-0.39, 0.29) is 0 Å². The van der Waals surface area contributed by atoms with Crippen molar-refractivity contribution in [2.75, 3.05) is 0 Å². The van der Waals surface area contributed by atoms with E-state index in [1.54, 1.807) is 0 Å². The molecule has 0 unspecified atom stereocenters. The summed E-state index contributed by atoms with van der Waals surface area (Å²) < 4.78 is 4.48. The first kappa shape index (κ1) is 2.84. The van der Waals surface area contributed by atoms with Crippen molar-refractivity contribution in [3.05, 3.63) is 0 Å². The predicted octanol–water partition coefficient (Wildman–Crippen LogP) is -1.12. The van der Waals surface area contributed by atoms with E-state index in [1.165, 1.54) is 0 Å². The molecule has 1 aromatic rings. The number of aromatic nitrogens is 2. The molecule has 0 aromatic carbocycles. The first-order valence-corrected chi connectivity index (χ1v) is 1.76. The normalized spacial score (nSPS) is 13.1. The number of hydrogen-bond acceptors (Lipinski definition) is 4. The molecule has 0 fully saturated rings. The molecule has 0 atom stereocenters. The third-order valence-electron chi connectivity index (χ3n) is 0.734. The van der Waals surface area contributed by atoms with Crippen LogP contribution in [0, 0.1) is 0 Å². The Kier molecular flexibility index (Phi) is 0.283. The fourth-order valence-electron chi connectivity index (χ4n) is 0.380. The lowest BCUT2D eigenvalue weighted by molar-refractivity contribution is -0.471. The molecule has 1 aliphatic heterocycles. The highest BCUT2D eigenvalue weighted by atomic mass is 16.5. The first-order valence-electron chi connectivity index (χ1n) is 1.76. The van der Waals surface area contributed by atoms with Gasteiger partial charge in [-0.05, 0) is 0 Å². The summed E-state index contributed by atoms with van der Waals surface area (Å²) >= 11 is 0. The lowest BCUT2D eigenvalue weighted by Crippen LogP contribution is -2.61. The maximum absolute atomic E-state index is 4.48. The molecule has 2 rings (SSSR count). The van der Waals surface area contributed by atoms with E-state index in [9.17, 15) is 0 Å². The maximum Gasteiger partial charge on any atom is 0.473 e.